The summed E-state index contributed by atoms with van der Waals surface area (Å²) in [5.41, 5.74) is 0.761. The van der Waals surface area contributed by atoms with E-state index in [1.807, 2.05) is 12.1 Å². The maximum Gasteiger partial charge on any atom is 0.280 e. The number of amides is 1. The highest BCUT2D eigenvalue weighted by Crippen LogP contribution is 2.32. The third kappa shape index (κ3) is 4.61. The summed E-state index contributed by atoms with van der Waals surface area (Å²) in [7, 11) is 1.41. The van der Waals surface area contributed by atoms with Crippen molar-refractivity contribution in [2.75, 3.05) is 19.0 Å². The summed E-state index contributed by atoms with van der Waals surface area (Å²) in [4.78, 5) is 35.8. The standard InChI is InChI=1S/C22H27N5O6/c1-11(2)13-5-7-14(8-6-13)32-9-15(28)24-22-25-19-16(20(30)26-22)23-10-27(19)21-18(31-4)17(29)12(3)33-21/h5-8,10-12,17-18,21,29H,9H2,1-4H3,(H2,24,25,26,28,30)/t12-,17+,18?,21-/m1/s1/i3D. The SMILES string of the molecule is [2H]C[C@H]1O[C@@H](n2cnc3c(=O)[nH]c(NC(=O)COc4ccc(C(C)C)cc4)nc32)C(OC)[C@H]1O. The Morgan fingerprint density at radius 1 is 1.39 bits per heavy atom. The highest BCUT2D eigenvalue weighted by atomic mass is 16.6. The Morgan fingerprint density at radius 3 is 2.82 bits per heavy atom. The molecule has 11 heteroatoms. The van der Waals surface area contributed by atoms with Crippen molar-refractivity contribution in [3.05, 3.63) is 46.5 Å². The molecule has 1 amide bonds. The van der Waals surface area contributed by atoms with Crippen LogP contribution in [0, 0.1) is 0 Å². The lowest BCUT2D eigenvalue weighted by Crippen LogP contribution is -2.32. The highest BCUT2D eigenvalue weighted by molar-refractivity contribution is 5.90. The van der Waals surface area contributed by atoms with Gasteiger partial charge in [-0.1, -0.05) is 26.0 Å². The van der Waals surface area contributed by atoms with Gasteiger partial charge in [-0.3, -0.25) is 24.5 Å². The summed E-state index contributed by atoms with van der Waals surface area (Å²) in [5.74, 6) is 0.324. The van der Waals surface area contributed by atoms with Crippen LogP contribution in [0.2, 0.25) is 0 Å². The molecule has 1 aliphatic heterocycles. The molecule has 1 saturated heterocycles. The number of hydrogen-bond donors (Lipinski definition) is 3. The van der Waals surface area contributed by atoms with Crippen molar-refractivity contribution in [2.45, 2.75) is 51.2 Å². The molecular weight excluding hydrogens is 430 g/mol. The number of hydrogen-bond acceptors (Lipinski definition) is 8. The van der Waals surface area contributed by atoms with E-state index in [1.165, 1.54) is 18.0 Å². The minimum absolute atomic E-state index is 0.0294. The number of nitrogens with zero attached hydrogens (tertiary/aromatic N) is 3. The molecule has 3 aromatic rings. The first-order valence-electron chi connectivity index (χ1n) is 11.2. The molecule has 1 fully saturated rings. The lowest BCUT2D eigenvalue weighted by atomic mass is 10.0. The molecule has 3 N–H and O–H groups in total. The van der Waals surface area contributed by atoms with Gasteiger partial charge in [0, 0.05) is 8.48 Å². The van der Waals surface area contributed by atoms with Gasteiger partial charge in [-0.05, 0) is 30.5 Å². The van der Waals surface area contributed by atoms with Gasteiger partial charge >= 0.3 is 0 Å². The normalized spacial score (nSPS) is 23.1. The molecule has 4 atom stereocenters. The number of rotatable bonds is 7. The predicted molar refractivity (Wildman–Crippen MR) is 119 cm³/mol. The molecule has 0 aliphatic carbocycles. The van der Waals surface area contributed by atoms with Gasteiger partial charge in [0.15, 0.2) is 24.0 Å². The average molecular weight is 458 g/mol. The molecule has 1 unspecified atom stereocenters. The number of H-pyrrole nitrogens is 1. The van der Waals surface area contributed by atoms with Gasteiger partial charge in [-0.15, -0.1) is 0 Å². The van der Waals surface area contributed by atoms with Crippen LogP contribution in [-0.4, -0.2) is 62.6 Å². The molecule has 0 saturated carbocycles. The van der Waals surface area contributed by atoms with Crippen LogP contribution in [0.3, 0.4) is 0 Å². The smallest absolute Gasteiger partial charge is 0.280 e. The third-order valence-electron chi connectivity index (χ3n) is 5.47. The van der Waals surface area contributed by atoms with Crippen LogP contribution in [0.5, 0.6) is 5.75 Å². The highest BCUT2D eigenvalue weighted by Gasteiger charge is 2.43. The monoisotopic (exact) mass is 458 g/mol. The Bertz CT molecular complexity index is 1210. The molecule has 0 radical (unpaired) electrons. The number of methoxy groups -OCH3 is 1. The third-order valence-corrected chi connectivity index (χ3v) is 5.47. The molecule has 1 aromatic carbocycles. The number of fused-ring (bicyclic) bond motifs is 1. The molecule has 11 nitrogen and oxygen atoms in total. The molecule has 2 aromatic heterocycles. The lowest BCUT2D eigenvalue weighted by Gasteiger charge is -2.20. The summed E-state index contributed by atoms with van der Waals surface area (Å²) in [5, 5.41) is 12.9. The van der Waals surface area contributed by atoms with E-state index in [1.54, 1.807) is 12.1 Å². The van der Waals surface area contributed by atoms with Crippen molar-refractivity contribution < 1.29 is 25.5 Å². The van der Waals surface area contributed by atoms with E-state index in [0.717, 1.165) is 5.56 Å². The number of nitrogens with one attached hydrogen (secondary N) is 2. The zero-order valence-electron chi connectivity index (χ0n) is 19.5. The number of aliphatic hydroxyl groups excluding tert-OH is 1. The largest absolute Gasteiger partial charge is 0.484 e. The van der Waals surface area contributed by atoms with E-state index < -0.39 is 36.0 Å². The van der Waals surface area contributed by atoms with Crippen molar-refractivity contribution in [1.29, 1.82) is 0 Å². The maximum atomic E-state index is 12.5. The summed E-state index contributed by atoms with van der Waals surface area (Å²) in [6.45, 7) is 3.73. The molecule has 0 bridgehead atoms. The molecule has 1 aliphatic rings. The quantitative estimate of drug-likeness (QED) is 0.484. The van der Waals surface area contributed by atoms with Gasteiger partial charge in [0.25, 0.3) is 11.5 Å². The van der Waals surface area contributed by atoms with Gasteiger partial charge in [0.1, 0.15) is 18.0 Å². The summed E-state index contributed by atoms with van der Waals surface area (Å²) < 4.78 is 25.6. The fraction of sp³-hybridized carbons (Fsp3) is 0.455. The summed E-state index contributed by atoms with van der Waals surface area (Å²) in [6, 6.07) is 7.46. The number of aromatic nitrogens is 4. The first-order chi connectivity index (χ1) is 16.3. The number of benzene rings is 1. The molecular formula is C22H27N5O6. The Balaban J connectivity index is 1.50. The van der Waals surface area contributed by atoms with Crippen LogP contribution in [-0.2, 0) is 14.3 Å². The van der Waals surface area contributed by atoms with E-state index >= 15 is 0 Å². The average Bonchev–Trinajstić information content (AvgIpc) is 3.38. The fourth-order valence-electron chi connectivity index (χ4n) is 3.63. The molecule has 4 rings (SSSR count). The molecule has 3 heterocycles. The predicted octanol–water partition coefficient (Wildman–Crippen LogP) is 1.55. The number of carbonyl (C=O) groups is 1. The van der Waals surface area contributed by atoms with E-state index in [9.17, 15) is 14.7 Å². The Kier molecular flexibility index (Phi) is 6.07. The first kappa shape index (κ1) is 21.6. The lowest BCUT2D eigenvalue weighted by molar-refractivity contribution is -0.118. The number of imidazole rings is 1. The van der Waals surface area contributed by atoms with Crippen molar-refractivity contribution in [2.24, 2.45) is 0 Å². The fourth-order valence-corrected chi connectivity index (χ4v) is 3.63. The number of aromatic amines is 1. The minimum Gasteiger partial charge on any atom is -0.484 e. The van der Waals surface area contributed by atoms with Crippen molar-refractivity contribution in [1.82, 2.24) is 19.5 Å². The number of ether oxygens (including phenoxy) is 3. The second-order valence-electron chi connectivity index (χ2n) is 8.06. The second kappa shape index (κ2) is 9.30. The van der Waals surface area contributed by atoms with Crippen molar-refractivity contribution in [3.63, 3.8) is 0 Å². The van der Waals surface area contributed by atoms with Crippen LogP contribution < -0.4 is 15.6 Å². The van der Waals surface area contributed by atoms with E-state index in [-0.39, 0.29) is 30.6 Å². The van der Waals surface area contributed by atoms with Gasteiger partial charge in [-0.2, -0.15) is 4.98 Å². The van der Waals surface area contributed by atoms with Crippen LogP contribution >= 0.6 is 0 Å². The first-order valence-corrected chi connectivity index (χ1v) is 10.5. The summed E-state index contributed by atoms with van der Waals surface area (Å²) in [6.07, 6.45) is -2.09. The van der Waals surface area contributed by atoms with Crippen LogP contribution in [0.15, 0.2) is 35.4 Å². The number of anilines is 1. The van der Waals surface area contributed by atoms with Gasteiger partial charge in [0.2, 0.25) is 5.95 Å². The summed E-state index contributed by atoms with van der Waals surface area (Å²) >= 11 is 0. The Morgan fingerprint density at radius 2 is 2.15 bits per heavy atom. The Hall–Kier alpha value is -3.28. The molecule has 176 valence electrons. The molecule has 33 heavy (non-hydrogen) atoms. The van der Waals surface area contributed by atoms with Crippen LogP contribution in [0.4, 0.5) is 5.95 Å². The topological polar surface area (TPSA) is 141 Å². The van der Waals surface area contributed by atoms with Crippen LogP contribution in [0.1, 0.15) is 39.8 Å². The van der Waals surface area contributed by atoms with Gasteiger partial charge < -0.3 is 19.3 Å². The van der Waals surface area contributed by atoms with Gasteiger partial charge in [-0.25, -0.2) is 4.98 Å². The maximum absolute atomic E-state index is 12.5. The number of aliphatic hydroxyl groups is 1. The van der Waals surface area contributed by atoms with Crippen LogP contribution in [0.25, 0.3) is 11.2 Å². The van der Waals surface area contributed by atoms with Crippen molar-refractivity contribution in [3.8, 4) is 5.75 Å². The number of carbonyl (C=O) groups excluding carboxylic acids is 1. The minimum atomic E-state index is -1.03. The zero-order valence-corrected chi connectivity index (χ0v) is 18.5. The van der Waals surface area contributed by atoms with E-state index in [4.69, 9.17) is 15.6 Å². The van der Waals surface area contributed by atoms with E-state index in [2.05, 4.69) is 34.1 Å². The second-order valence-corrected chi connectivity index (χ2v) is 8.06. The zero-order chi connectivity index (χ0) is 24.4. The Labute approximate surface area is 191 Å². The van der Waals surface area contributed by atoms with Crippen molar-refractivity contribution >= 4 is 23.0 Å². The van der Waals surface area contributed by atoms with E-state index in [0.29, 0.717) is 11.7 Å². The van der Waals surface area contributed by atoms with Gasteiger partial charge in [0.05, 0.1) is 12.4 Å². The molecule has 0 spiro atoms.